The van der Waals surface area contributed by atoms with Crippen molar-refractivity contribution < 1.29 is 9.90 Å². The molecule has 0 amide bonds. The second kappa shape index (κ2) is 5.00. The molecule has 0 aliphatic rings. The number of fused-ring (bicyclic) bond motifs is 1. The van der Waals surface area contributed by atoms with Crippen molar-refractivity contribution >= 4 is 22.7 Å². The molecule has 1 heterocycles. The summed E-state index contributed by atoms with van der Waals surface area (Å²) < 4.78 is 0. The molecular formula is C13H15N3O2. The molecule has 1 N–H and O–H groups in total. The van der Waals surface area contributed by atoms with Gasteiger partial charge in [0.15, 0.2) is 0 Å². The standard InChI is InChI=1S/C13H15N3O2/c1-3-16(4-2)12-9-7-5-6-8-10(9)14-11(15-12)13(17)18/h5-8H,3-4H2,1-2H3,(H,17,18). The highest BCUT2D eigenvalue weighted by Crippen LogP contribution is 2.23. The van der Waals surface area contributed by atoms with Crippen molar-refractivity contribution in [2.24, 2.45) is 0 Å². The number of aromatic nitrogens is 2. The monoisotopic (exact) mass is 245 g/mol. The average Bonchev–Trinajstić information content (AvgIpc) is 2.39. The van der Waals surface area contributed by atoms with E-state index in [2.05, 4.69) is 9.97 Å². The molecule has 0 radical (unpaired) electrons. The Hall–Kier alpha value is -2.17. The van der Waals surface area contributed by atoms with Crippen LogP contribution in [0.4, 0.5) is 5.82 Å². The smallest absolute Gasteiger partial charge is 0.374 e. The van der Waals surface area contributed by atoms with Crippen LogP contribution in [0, 0.1) is 0 Å². The zero-order valence-electron chi connectivity index (χ0n) is 10.4. The number of carboxylic acid groups (broad SMARTS) is 1. The first kappa shape index (κ1) is 12.3. The number of nitrogens with zero attached hydrogens (tertiary/aromatic N) is 3. The summed E-state index contributed by atoms with van der Waals surface area (Å²) in [7, 11) is 0. The lowest BCUT2D eigenvalue weighted by Gasteiger charge is -2.21. The van der Waals surface area contributed by atoms with E-state index in [0.717, 1.165) is 18.5 Å². The third-order valence-corrected chi connectivity index (χ3v) is 2.84. The fourth-order valence-corrected chi connectivity index (χ4v) is 1.92. The van der Waals surface area contributed by atoms with E-state index in [-0.39, 0.29) is 5.82 Å². The molecule has 1 aromatic carbocycles. The molecule has 0 aliphatic carbocycles. The van der Waals surface area contributed by atoms with Crippen LogP contribution in [-0.2, 0) is 0 Å². The second-order valence-corrected chi connectivity index (χ2v) is 3.87. The molecule has 0 atom stereocenters. The van der Waals surface area contributed by atoms with Gasteiger partial charge in [0, 0.05) is 18.5 Å². The molecule has 0 saturated heterocycles. The predicted molar refractivity (Wildman–Crippen MR) is 70.1 cm³/mol. The molecule has 0 fully saturated rings. The third kappa shape index (κ3) is 2.11. The summed E-state index contributed by atoms with van der Waals surface area (Å²) in [5.74, 6) is -0.576. The average molecular weight is 245 g/mol. The summed E-state index contributed by atoms with van der Waals surface area (Å²) in [6.45, 7) is 5.58. The maximum atomic E-state index is 11.1. The molecular weight excluding hydrogens is 230 g/mol. The Labute approximate surface area is 105 Å². The number of para-hydroxylation sites is 1. The van der Waals surface area contributed by atoms with E-state index in [0.29, 0.717) is 11.3 Å². The Morgan fingerprint density at radius 1 is 1.22 bits per heavy atom. The molecule has 5 nitrogen and oxygen atoms in total. The highest BCUT2D eigenvalue weighted by atomic mass is 16.4. The van der Waals surface area contributed by atoms with Crippen LogP contribution in [0.15, 0.2) is 24.3 Å². The first-order valence-electron chi connectivity index (χ1n) is 5.92. The number of rotatable bonds is 4. The van der Waals surface area contributed by atoms with Crippen molar-refractivity contribution in [2.45, 2.75) is 13.8 Å². The lowest BCUT2D eigenvalue weighted by molar-refractivity contribution is 0.0684. The van der Waals surface area contributed by atoms with Gasteiger partial charge in [-0.1, -0.05) is 12.1 Å². The van der Waals surface area contributed by atoms with Crippen LogP contribution in [-0.4, -0.2) is 34.1 Å². The highest BCUT2D eigenvalue weighted by molar-refractivity contribution is 5.93. The normalized spacial score (nSPS) is 10.6. The van der Waals surface area contributed by atoms with Crippen LogP contribution in [0.5, 0.6) is 0 Å². The summed E-state index contributed by atoms with van der Waals surface area (Å²) in [5.41, 5.74) is 0.659. The molecule has 0 aliphatic heterocycles. The summed E-state index contributed by atoms with van der Waals surface area (Å²) in [5, 5.41) is 9.93. The zero-order chi connectivity index (χ0) is 13.1. The minimum Gasteiger partial charge on any atom is -0.475 e. The molecule has 0 spiro atoms. The van der Waals surface area contributed by atoms with Crippen LogP contribution in [0.25, 0.3) is 10.9 Å². The first-order valence-corrected chi connectivity index (χ1v) is 5.92. The second-order valence-electron chi connectivity index (χ2n) is 3.87. The maximum absolute atomic E-state index is 11.1. The van der Waals surface area contributed by atoms with Crippen molar-refractivity contribution in [2.75, 3.05) is 18.0 Å². The lowest BCUT2D eigenvalue weighted by Crippen LogP contribution is -2.24. The molecule has 5 heteroatoms. The highest BCUT2D eigenvalue weighted by Gasteiger charge is 2.15. The zero-order valence-corrected chi connectivity index (χ0v) is 10.4. The Balaban J connectivity index is 2.71. The van der Waals surface area contributed by atoms with Crippen LogP contribution in [0.1, 0.15) is 24.5 Å². The summed E-state index contributed by atoms with van der Waals surface area (Å²) in [4.78, 5) is 21.3. The Bertz CT molecular complexity index is 579. The topological polar surface area (TPSA) is 66.3 Å². The molecule has 0 unspecified atom stereocenters. The number of hydrogen-bond donors (Lipinski definition) is 1. The largest absolute Gasteiger partial charge is 0.475 e. The van der Waals surface area contributed by atoms with Crippen LogP contribution < -0.4 is 4.90 Å². The van der Waals surface area contributed by atoms with E-state index in [1.807, 2.05) is 36.9 Å². The Kier molecular flexibility index (Phi) is 3.41. The fourth-order valence-electron chi connectivity index (χ4n) is 1.92. The summed E-state index contributed by atoms with van der Waals surface area (Å²) >= 11 is 0. The lowest BCUT2D eigenvalue weighted by atomic mass is 10.2. The van der Waals surface area contributed by atoms with Gasteiger partial charge in [-0.25, -0.2) is 14.8 Å². The fraction of sp³-hybridized carbons (Fsp3) is 0.308. The van der Waals surface area contributed by atoms with Crippen LogP contribution in [0.2, 0.25) is 0 Å². The Morgan fingerprint density at radius 3 is 2.50 bits per heavy atom. The molecule has 94 valence electrons. The van der Waals surface area contributed by atoms with Crippen molar-refractivity contribution in [3.8, 4) is 0 Å². The Morgan fingerprint density at radius 2 is 1.89 bits per heavy atom. The SMILES string of the molecule is CCN(CC)c1nc(C(=O)O)nc2ccccc12. The van der Waals surface area contributed by atoms with Crippen LogP contribution >= 0.6 is 0 Å². The van der Waals surface area contributed by atoms with Gasteiger partial charge in [-0.15, -0.1) is 0 Å². The van der Waals surface area contributed by atoms with E-state index in [9.17, 15) is 4.79 Å². The van der Waals surface area contributed by atoms with Crippen molar-refractivity contribution in [1.82, 2.24) is 9.97 Å². The predicted octanol–water partition coefficient (Wildman–Crippen LogP) is 2.17. The van der Waals surface area contributed by atoms with E-state index in [1.165, 1.54) is 0 Å². The number of anilines is 1. The molecule has 2 rings (SSSR count). The van der Waals surface area contributed by atoms with Gasteiger partial charge in [0.1, 0.15) is 5.82 Å². The van der Waals surface area contributed by atoms with Gasteiger partial charge in [0.05, 0.1) is 5.52 Å². The van der Waals surface area contributed by atoms with Gasteiger partial charge in [0.25, 0.3) is 0 Å². The van der Waals surface area contributed by atoms with Crippen molar-refractivity contribution in [1.29, 1.82) is 0 Å². The number of carbonyl (C=O) groups is 1. The van der Waals surface area contributed by atoms with E-state index in [4.69, 9.17) is 5.11 Å². The van der Waals surface area contributed by atoms with Gasteiger partial charge >= 0.3 is 5.97 Å². The molecule has 2 aromatic rings. The van der Waals surface area contributed by atoms with Gasteiger partial charge in [-0.2, -0.15) is 0 Å². The van der Waals surface area contributed by atoms with Crippen molar-refractivity contribution in [3.63, 3.8) is 0 Å². The quantitative estimate of drug-likeness (QED) is 0.894. The molecule has 18 heavy (non-hydrogen) atoms. The van der Waals surface area contributed by atoms with E-state index >= 15 is 0 Å². The molecule has 0 bridgehead atoms. The maximum Gasteiger partial charge on any atom is 0.374 e. The summed E-state index contributed by atoms with van der Waals surface area (Å²) in [6.07, 6.45) is 0. The number of benzene rings is 1. The minimum atomic E-state index is -1.10. The molecule has 1 aromatic heterocycles. The molecule has 0 saturated carbocycles. The number of carboxylic acids is 1. The van der Waals surface area contributed by atoms with E-state index < -0.39 is 5.97 Å². The van der Waals surface area contributed by atoms with Gasteiger partial charge < -0.3 is 10.0 Å². The third-order valence-electron chi connectivity index (χ3n) is 2.84. The minimum absolute atomic E-state index is 0.157. The van der Waals surface area contributed by atoms with Gasteiger partial charge in [-0.05, 0) is 26.0 Å². The van der Waals surface area contributed by atoms with Crippen molar-refractivity contribution in [3.05, 3.63) is 30.1 Å². The van der Waals surface area contributed by atoms with Gasteiger partial charge in [-0.3, -0.25) is 0 Å². The van der Waals surface area contributed by atoms with Gasteiger partial charge in [0.2, 0.25) is 5.82 Å². The first-order chi connectivity index (χ1) is 8.67. The van der Waals surface area contributed by atoms with E-state index in [1.54, 1.807) is 6.07 Å². The number of aromatic carboxylic acids is 1. The van der Waals surface area contributed by atoms with Crippen LogP contribution in [0.3, 0.4) is 0 Å². The summed E-state index contributed by atoms with van der Waals surface area (Å²) in [6, 6.07) is 7.46. The number of hydrogen-bond acceptors (Lipinski definition) is 4.